The molecule has 2 rings (SSSR count). The van der Waals surface area contributed by atoms with Gasteiger partial charge < -0.3 is 16.4 Å². The summed E-state index contributed by atoms with van der Waals surface area (Å²) >= 11 is 5.73. The van der Waals surface area contributed by atoms with Crippen molar-refractivity contribution in [3.05, 3.63) is 6.33 Å². The number of hydrogen-bond acceptors (Lipinski definition) is 5. The molecule has 0 radical (unpaired) electrons. The van der Waals surface area contributed by atoms with Gasteiger partial charge in [0.2, 0.25) is 5.91 Å². The lowest BCUT2D eigenvalue weighted by Crippen LogP contribution is -2.27. The van der Waals surface area contributed by atoms with E-state index in [2.05, 4.69) is 9.97 Å². The van der Waals surface area contributed by atoms with Crippen LogP contribution in [-0.2, 0) is 4.79 Å². The Kier molecular flexibility index (Phi) is 2.82. The van der Waals surface area contributed by atoms with E-state index in [1.165, 1.54) is 11.2 Å². The number of halogens is 1. The summed E-state index contributed by atoms with van der Waals surface area (Å²) in [6.07, 6.45) is 1.69. The van der Waals surface area contributed by atoms with E-state index in [1.807, 2.05) is 0 Å². The maximum atomic E-state index is 11.7. The first-order chi connectivity index (χ1) is 7.63. The number of hydrogen-bond donors (Lipinski definition) is 2. The molecule has 1 aromatic heterocycles. The summed E-state index contributed by atoms with van der Waals surface area (Å²) in [5.74, 6) is 0.967. The molecule has 1 amide bonds. The number of alkyl halides is 1. The second kappa shape index (κ2) is 4.13. The maximum Gasteiger partial charge on any atom is 0.227 e. The van der Waals surface area contributed by atoms with Gasteiger partial charge >= 0.3 is 0 Å². The summed E-state index contributed by atoms with van der Waals surface area (Å²) in [4.78, 5) is 20.9. The Bertz CT molecular complexity index is 404. The third-order valence-electron chi connectivity index (χ3n) is 2.57. The highest BCUT2D eigenvalue weighted by molar-refractivity contribution is 6.18. The van der Waals surface area contributed by atoms with Gasteiger partial charge in [-0.3, -0.25) is 4.79 Å². The molecule has 0 spiro atoms. The molecule has 7 heteroatoms. The Labute approximate surface area is 97.6 Å². The molecule has 0 aliphatic carbocycles. The number of rotatable bonds is 2. The van der Waals surface area contributed by atoms with E-state index in [1.54, 1.807) is 0 Å². The number of aromatic nitrogens is 2. The Balaban J connectivity index is 2.35. The van der Waals surface area contributed by atoms with E-state index in [-0.39, 0.29) is 23.5 Å². The lowest BCUT2D eigenvalue weighted by molar-refractivity contribution is -0.117. The summed E-state index contributed by atoms with van der Waals surface area (Å²) in [5, 5.41) is 0. The number of carbonyl (C=O) groups is 1. The number of anilines is 3. The quantitative estimate of drug-likeness (QED) is 0.723. The zero-order valence-electron chi connectivity index (χ0n) is 8.56. The molecule has 1 aromatic rings. The predicted octanol–water partition coefficient (Wildman–Crippen LogP) is 0.233. The molecule has 0 aromatic carbocycles. The van der Waals surface area contributed by atoms with E-state index >= 15 is 0 Å². The molecule has 86 valence electrons. The fraction of sp³-hybridized carbons (Fsp3) is 0.444. The molecule has 1 saturated heterocycles. The summed E-state index contributed by atoms with van der Waals surface area (Å²) in [6.45, 7) is 0.518. The first-order valence-corrected chi connectivity index (χ1v) is 5.39. The first kappa shape index (κ1) is 10.9. The van der Waals surface area contributed by atoms with Crippen molar-refractivity contribution in [2.45, 2.75) is 6.42 Å². The van der Waals surface area contributed by atoms with Gasteiger partial charge in [0, 0.05) is 18.8 Å². The molecule has 4 N–H and O–H groups in total. The summed E-state index contributed by atoms with van der Waals surface area (Å²) in [7, 11) is 0. The maximum absolute atomic E-state index is 11.7. The average Bonchev–Trinajstić information content (AvgIpc) is 2.60. The van der Waals surface area contributed by atoms with Gasteiger partial charge in [-0.2, -0.15) is 0 Å². The van der Waals surface area contributed by atoms with Crippen molar-refractivity contribution in [3.63, 3.8) is 0 Å². The molecule has 1 unspecified atom stereocenters. The number of nitrogens with zero attached hydrogens (tertiary/aromatic N) is 3. The lowest BCUT2D eigenvalue weighted by Gasteiger charge is -2.18. The third kappa shape index (κ3) is 1.76. The van der Waals surface area contributed by atoms with Gasteiger partial charge in [0.15, 0.2) is 11.6 Å². The van der Waals surface area contributed by atoms with Crippen molar-refractivity contribution in [1.29, 1.82) is 0 Å². The van der Waals surface area contributed by atoms with Gasteiger partial charge in [0.1, 0.15) is 12.0 Å². The molecule has 6 nitrogen and oxygen atoms in total. The minimum absolute atomic E-state index is 0.0427. The fourth-order valence-electron chi connectivity index (χ4n) is 1.78. The fourth-order valence-corrected chi connectivity index (χ4v) is 1.99. The largest absolute Gasteiger partial charge is 0.382 e. The normalized spacial score (nSPS) is 20.4. The van der Waals surface area contributed by atoms with Crippen LogP contribution in [0, 0.1) is 5.92 Å². The minimum Gasteiger partial charge on any atom is -0.382 e. The number of carbonyl (C=O) groups excluding carboxylic acids is 1. The molecule has 0 saturated carbocycles. The van der Waals surface area contributed by atoms with Gasteiger partial charge in [-0.1, -0.05) is 0 Å². The van der Waals surface area contributed by atoms with Crippen molar-refractivity contribution in [2.75, 3.05) is 28.8 Å². The van der Waals surface area contributed by atoms with Crippen LogP contribution in [0.4, 0.5) is 17.3 Å². The van der Waals surface area contributed by atoms with E-state index in [0.29, 0.717) is 24.5 Å². The summed E-state index contributed by atoms with van der Waals surface area (Å²) < 4.78 is 0. The van der Waals surface area contributed by atoms with Gasteiger partial charge in [0.25, 0.3) is 0 Å². The van der Waals surface area contributed by atoms with Crippen LogP contribution >= 0.6 is 11.6 Å². The van der Waals surface area contributed by atoms with Gasteiger partial charge in [0.05, 0.1) is 0 Å². The Morgan fingerprint density at radius 2 is 2.06 bits per heavy atom. The van der Waals surface area contributed by atoms with Gasteiger partial charge in [-0.05, 0) is 5.92 Å². The standard InChI is InChI=1S/C9H12ClN5O/c10-2-5-1-6(16)15(3-5)7-8(11)13-4-14-9(7)12/h4-5H,1-3H2,(H4,11,12,13,14). The Hall–Kier alpha value is -1.56. The Morgan fingerprint density at radius 1 is 1.44 bits per heavy atom. The summed E-state index contributed by atoms with van der Waals surface area (Å²) in [5.41, 5.74) is 11.8. The third-order valence-corrected chi connectivity index (χ3v) is 3.01. The number of nitrogen functional groups attached to an aromatic ring is 2. The molecular formula is C9H12ClN5O. The van der Waals surface area contributed by atoms with E-state index < -0.39 is 0 Å². The molecule has 16 heavy (non-hydrogen) atoms. The highest BCUT2D eigenvalue weighted by Crippen LogP contribution is 2.32. The molecule has 1 aliphatic heterocycles. The second-order valence-corrected chi connectivity index (χ2v) is 4.03. The van der Waals surface area contributed by atoms with Crippen LogP contribution in [0.25, 0.3) is 0 Å². The van der Waals surface area contributed by atoms with Crippen molar-refractivity contribution in [2.24, 2.45) is 5.92 Å². The molecule has 1 fully saturated rings. The smallest absolute Gasteiger partial charge is 0.227 e. The van der Waals surface area contributed by atoms with Crippen molar-refractivity contribution in [3.8, 4) is 0 Å². The molecule has 1 atom stereocenters. The van der Waals surface area contributed by atoms with Crippen LogP contribution in [0.3, 0.4) is 0 Å². The highest BCUT2D eigenvalue weighted by Gasteiger charge is 2.32. The van der Waals surface area contributed by atoms with Gasteiger partial charge in [-0.25, -0.2) is 9.97 Å². The van der Waals surface area contributed by atoms with E-state index in [9.17, 15) is 4.79 Å². The van der Waals surface area contributed by atoms with Crippen LogP contribution in [0.15, 0.2) is 6.33 Å². The average molecular weight is 242 g/mol. The van der Waals surface area contributed by atoms with Crippen LogP contribution in [0.1, 0.15) is 6.42 Å². The van der Waals surface area contributed by atoms with Crippen LogP contribution in [0.2, 0.25) is 0 Å². The van der Waals surface area contributed by atoms with Crippen LogP contribution in [0.5, 0.6) is 0 Å². The summed E-state index contributed by atoms with van der Waals surface area (Å²) in [6, 6.07) is 0. The van der Waals surface area contributed by atoms with Crippen LogP contribution in [-0.4, -0.2) is 28.3 Å². The van der Waals surface area contributed by atoms with Crippen molar-refractivity contribution in [1.82, 2.24) is 9.97 Å². The van der Waals surface area contributed by atoms with E-state index in [0.717, 1.165) is 0 Å². The molecule has 1 aliphatic rings. The lowest BCUT2D eigenvalue weighted by atomic mass is 10.1. The Morgan fingerprint density at radius 3 is 2.56 bits per heavy atom. The first-order valence-electron chi connectivity index (χ1n) is 4.85. The topological polar surface area (TPSA) is 98.1 Å². The van der Waals surface area contributed by atoms with Crippen LogP contribution < -0.4 is 16.4 Å². The molecular weight excluding hydrogens is 230 g/mol. The number of amides is 1. The number of nitrogens with two attached hydrogens (primary N) is 2. The second-order valence-electron chi connectivity index (χ2n) is 3.72. The zero-order chi connectivity index (χ0) is 11.7. The zero-order valence-corrected chi connectivity index (χ0v) is 9.31. The monoisotopic (exact) mass is 241 g/mol. The molecule has 2 heterocycles. The molecule has 0 bridgehead atoms. The predicted molar refractivity (Wildman–Crippen MR) is 62.0 cm³/mol. The SMILES string of the molecule is Nc1ncnc(N)c1N1CC(CCl)CC1=O. The van der Waals surface area contributed by atoms with Crippen molar-refractivity contribution >= 4 is 34.8 Å². The van der Waals surface area contributed by atoms with Gasteiger partial charge in [-0.15, -0.1) is 11.6 Å². The van der Waals surface area contributed by atoms with Crippen molar-refractivity contribution < 1.29 is 4.79 Å². The minimum atomic E-state index is -0.0427. The highest BCUT2D eigenvalue weighted by atomic mass is 35.5. The van der Waals surface area contributed by atoms with E-state index in [4.69, 9.17) is 23.1 Å².